The number of benzene rings is 1. The van der Waals surface area contributed by atoms with Gasteiger partial charge in [-0.25, -0.2) is 4.79 Å². The molecule has 1 heterocycles. The van der Waals surface area contributed by atoms with Gasteiger partial charge in [-0.3, -0.25) is 0 Å². The summed E-state index contributed by atoms with van der Waals surface area (Å²) in [4.78, 5) is 11.5. The van der Waals surface area contributed by atoms with E-state index in [2.05, 4.69) is 9.47 Å². The van der Waals surface area contributed by atoms with Crippen LogP contribution in [-0.2, 0) is 14.3 Å². The third-order valence-electron chi connectivity index (χ3n) is 2.72. The summed E-state index contributed by atoms with van der Waals surface area (Å²) < 4.78 is 48.1. The van der Waals surface area contributed by atoms with Crippen LogP contribution in [0.25, 0.3) is 0 Å². The second kappa shape index (κ2) is 4.28. The molecule has 0 unspecified atom stereocenters. The third kappa shape index (κ3) is 1.86. The fourth-order valence-electron chi connectivity index (χ4n) is 1.81. The van der Waals surface area contributed by atoms with Crippen molar-refractivity contribution in [3.8, 4) is 0 Å². The van der Waals surface area contributed by atoms with Gasteiger partial charge in [0.1, 0.15) is 6.10 Å². The quantitative estimate of drug-likeness (QED) is 0.619. The monoisotopic (exact) mass is 260 g/mol. The van der Waals surface area contributed by atoms with Gasteiger partial charge in [-0.15, -0.1) is 0 Å². The molecule has 0 spiro atoms. The molecule has 2 atom stereocenters. The van der Waals surface area contributed by atoms with Gasteiger partial charge in [0.2, 0.25) is 0 Å². The van der Waals surface area contributed by atoms with Crippen LogP contribution in [0.15, 0.2) is 30.3 Å². The molecular weight excluding hydrogens is 249 g/mol. The first-order valence-electron chi connectivity index (χ1n) is 5.40. The van der Waals surface area contributed by atoms with Crippen LogP contribution in [0.2, 0.25) is 0 Å². The van der Waals surface area contributed by atoms with Gasteiger partial charge in [0.25, 0.3) is 5.60 Å². The predicted molar refractivity (Wildman–Crippen MR) is 55.7 cm³/mol. The van der Waals surface area contributed by atoms with Crippen LogP contribution in [0.3, 0.4) is 0 Å². The Bertz CT molecular complexity index is 444. The standard InChI is InChI=1S/C12H11F3O3/c1-2-17-10(16)11(12(13,14)15)9(18-11)8-6-4-3-5-7-8/h3-7,9H,2H2,1H3/t9-,11+/m1/s1. The van der Waals surface area contributed by atoms with E-state index < -0.39 is 23.9 Å². The molecule has 0 bridgehead atoms. The summed E-state index contributed by atoms with van der Waals surface area (Å²) in [7, 11) is 0. The molecule has 0 aromatic heterocycles. The fourth-order valence-corrected chi connectivity index (χ4v) is 1.81. The van der Waals surface area contributed by atoms with Crippen molar-refractivity contribution in [3.05, 3.63) is 35.9 Å². The lowest BCUT2D eigenvalue weighted by Gasteiger charge is -2.15. The van der Waals surface area contributed by atoms with E-state index in [0.717, 1.165) is 0 Å². The summed E-state index contributed by atoms with van der Waals surface area (Å²) in [6.07, 6.45) is -6.11. The van der Waals surface area contributed by atoms with E-state index in [1.54, 1.807) is 18.2 Å². The molecule has 0 aliphatic carbocycles. The first-order chi connectivity index (χ1) is 8.43. The maximum Gasteiger partial charge on any atom is 0.431 e. The topological polar surface area (TPSA) is 38.8 Å². The second-order valence-electron chi connectivity index (χ2n) is 3.86. The predicted octanol–water partition coefficient (Wildman–Crippen LogP) is 2.62. The lowest BCUT2D eigenvalue weighted by atomic mass is 9.99. The number of hydrogen-bond acceptors (Lipinski definition) is 3. The van der Waals surface area contributed by atoms with Crippen LogP contribution in [0.5, 0.6) is 0 Å². The maximum atomic E-state index is 13.0. The van der Waals surface area contributed by atoms with Crippen molar-refractivity contribution < 1.29 is 27.4 Å². The number of epoxide rings is 1. The number of carbonyl (C=O) groups is 1. The van der Waals surface area contributed by atoms with Gasteiger partial charge < -0.3 is 9.47 Å². The summed E-state index contributed by atoms with van der Waals surface area (Å²) in [5.41, 5.74) is -2.53. The van der Waals surface area contributed by atoms with Gasteiger partial charge in [0, 0.05) is 0 Å². The number of ether oxygens (including phenoxy) is 2. The largest absolute Gasteiger partial charge is 0.464 e. The normalized spacial score (nSPS) is 26.8. The van der Waals surface area contributed by atoms with Gasteiger partial charge in [-0.05, 0) is 12.5 Å². The molecule has 1 fully saturated rings. The van der Waals surface area contributed by atoms with Crippen LogP contribution >= 0.6 is 0 Å². The second-order valence-corrected chi connectivity index (χ2v) is 3.86. The molecule has 0 amide bonds. The van der Waals surface area contributed by atoms with E-state index in [4.69, 9.17) is 0 Å². The van der Waals surface area contributed by atoms with Crippen molar-refractivity contribution in [1.82, 2.24) is 0 Å². The number of rotatable bonds is 3. The molecule has 1 saturated heterocycles. The van der Waals surface area contributed by atoms with Crippen LogP contribution in [0, 0.1) is 0 Å². The fraction of sp³-hybridized carbons (Fsp3) is 0.417. The summed E-state index contributed by atoms with van der Waals surface area (Å²) in [5, 5.41) is 0. The molecule has 0 radical (unpaired) electrons. The lowest BCUT2D eigenvalue weighted by Crippen LogP contribution is -2.42. The van der Waals surface area contributed by atoms with Crippen molar-refractivity contribution >= 4 is 5.97 Å². The van der Waals surface area contributed by atoms with Gasteiger partial charge in [0.15, 0.2) is 0 Å². The van der Waals surface area contributed by atoms with E-state index in [-0.39, 0.29) is 6.61 Å². The number of carbonyl (C=O) groups excluding carboxylic acids is 1. The summed E-state index contributed by atoms with van der Waals surface area (Å²) in [5.74, 6) is -1.38. The minimum Gasteiger partial charge on any atom is -0.464 e. The number of halogens is 3. The molecule has 3 nitrogen and oxygen atoms in total. The van der Waals surface area contributed by atoms with Crippen LogP contribution < -0.4 is 0 Å². The van der Waals surface area contributed by atoms with Gasteiger partial charge in [-0.2, -0.15) is 13.2 Å². The van der Waals surface area contributed by atoms with Gasteiger partial charge >= 0.3 is 12.1 Å². The summed E-state index contributed by atoms with van der Waals surface area (Å²) in [6, 6.07) is 7.81. The third-order valence-corrected chi connectivity index (χ3v) is 2.72. The van der Waals surface area contributed by atoms with Crippen molar-refractivity contribution in [2.45, 2.75) is 24.8 Å². The molecule has 1 aliphatic heterocycles. The highest BCUT2D eigenvalue weighted by Crippen LogP contribution is 2.59. The summed E-state index contributed by atoms with van der Waals surface area (Å²) >= 11 is 0. The Hall–Kier alpha value is -1.56. The Morgan fingerprint density at radius 1 is 1.39 bits per heavy atom. The molecule has 18 heavy (non-hydrogen) atoms. The number of alkyl halides is 3. The summed E-state index contributed by atoms with van der Waals surface area (Å²) in [6.45, 7) is 1.32. The molecule has 2 rings (SSSR count). The smallest absolute Gasteiger partial charge is 0.431 e. The minimum absolute atomic E-state index is 0.123. The first-order valence-corrected chi connectivity index (χ1v) is 5.40. The van der Waals surface area contributed by atoms with E-state index in [1.165, 1.54) is 19.1 Å². The Morgan fingerprint density at radius 3 is 2.50 bits per heavy atom. The highest BCUT2D eigenvalue weighted by atomic mass is 19.4. The highest BCUT2D eigenvalue weighted by Gasteiger charge is 2.80. The number of esters is 1. The van der Waals surface area contributed by atoms with Gasteiger partial charge in [0.05, 0.1) is 6.61 Å². The van der Waals surface area contributed by atoms with Crippen molar-refractivity contribution in [3.63, 3.8) is 0 Å². The van der Waals surface area contributed by atoms with E-state index in [0.29, 0.717) is 5.56 Å². The zero-order chi connectivity index (χ0) is 13.4. The molecule has 0 saturated carbocycles. The Labute approximate surface area is 102 Å². The van der Waals surface area contributed by atoms with Gasteiger partial charge in [-0.1, -0.05) is 30.3 Å². The average molecular weight is 260 g/mol. The lowest BCUT2D eigenvalue weighted by molar-refractivity contribution is -0.203. The molecule has 0 N–H and O–H groups in total. The maximum absolute atomic E-state index is 13.0. The molecule has 98 valence electrons. The zero-order valence-electron chi connectivity index (χ0n) is 9.53. The van der Waals surface area contributed by atoms with E-state index in [1.807, 2.05) is 0 Å². The van der Waals surface area contributed by atoms with Crippen molar-refractivity contribution in [1.29, 1.82) is 0 Å². The zero-order valence-corrected chi connectivity index (χ0v) is 9.53. The van der Waals surface area contributed by atoms with E-state index in [9.17, 15) is 18.0 Å². The van der Waals surface area contributed by atoms with Crippen molar-refractivity contribution in [2.75, 3.05) is 6.61 Å². The molecular formula is C12H11F3O3. The molecule has 6 heteroatoms. The van der Waals surface area contributed by atoms with Crippen molar-refractivity contribution in [2.24, 2.45) is 0 Å². The SMILES string of the molecule is CCOC(=O)[C@@]1(C(F)(F)F)O[C@@H]1c1ccccc1. The Morgan fingerprint density at radius 2 is 2.00 bits per heavy atom. The Kier molecular flexibility index (Phi) is 3.06. The highest BCUT2D eigenvalue weighted by molar-refractivity contribution is 5.85. The molecule has 1 aliphatic rings. The van der Waals surface area contributed by atoms with Crippen LogP contribution in [0.4, 0.5) is 13.2 Å². The minimum atomic E-state index is -4.79. The molecule has 1 aromatic carbocycles. The first kappa shape index (κ1) is 12.9. The average Bonchev–Trinajstić information content (AvgIpc) is 3.06. The number of hydrogen-bond donors (Lipinski definition) is 0. The van der Waals surface area contributed by atoms with E-state index >= 15 is 0 Å². The van der Waals surface area contributed by atoms with Crippen LogP contribution in [-0.4, -0.2) is 24.4 Å². The molecule has 1 aromatic rings. The van der Waals surface area contributed by atoms with Crippen LogP contribution in [0.1, 0.15) is 18.6 Å². The Balaban J connectivity index is 2.30.